The minimum absolute atomic E-state index is 0.298. The number of esters is 2. The molecule has 0 aliphatic carbocycles. The molecule has 142 valence electrons. The van der Waals surface area contributed by atoms with Crippen molar-refractivity contribution in [2.45, 2.75) is 6.92 Å². The molecule has 7 nitrogen and oxygen atoms in total. The number of methoxy groups -OCH3 is 1. The topological polar surface area (TPSA) is 90.9 Å². The minimum Gasteiger partial charge on any atom is -0.482 e. The maximum atomic E-state index is 12.0. The molecule has 0 atom stereocenters. The largest absolute Gasteiger partial charge is 0.482 e. The van der Waals surface area contributed by atoms with Crippen molar-refractivity contribution < 1.29 is 28.6 Å². The first-order chi connectivity index (χ1) is 12.9. The van der Waals surface area contributed by atoms with Crippen LogP contribution in [0.2, 0.25) is 5.02 Å². The van der Waals surface area contributed by atoms with Crippen LogP contribution in [0, 0.1) is 6.92 Å². The van der Waals surface area contributed by atoms with E-state index in [0.717, 1.165) is 5.56 Å². The van der Waals surface area contributed by atoms with Crippen LogP contribution >= 0.6 is 11.6 Å². The third kappa shape index (κ3) is 6.31. The zero-order valence-corrected chi connectivity index (χ0v) is 15.5. The molecule has 0 radical (unpaired) electrons. The average Bonchev–Trinajstić information content (AvgIpc) is 2.67. The summed E-state index contributed by atoms with van der Waals surface area (Å²) in [4.78, 5) is 35.2. The van der Waals surface area contributed by atoms with Gasteiger partial charge in [-0.2, -0.15) is 0 Å². The zero-order valence-electron chi connectivity index (χ0n) is 14.8. The zero-order chi connectivity index (χ0) is 19.8. The molecule has 0 aliphatic heterocycles. The van der Waals surface area contributed by atoms with Crippen LogP contribution in [0.1, 0.15) is 15.9 Å². The molecule has 1 N–H and O–H groups in total. The number of carbonyl (C=O) groups excluding carboxylic acids is 3. The summed E-state index contributed by atoms with van der Waals surface area (Å²) in [6.07, 6.45) is 0. The summed E-state index contributed by atoms with van der Waals surface area (Å²) in [6.45, 7) is 0.944. The second-order valence-corrected chi connectivity index (χ2v) is 5.91. The van der Waals surface area contributed by atoms with Gasteiger partial charge >= 0.3 is 11.9 Å². The summed E-state index contributed by atoms with van der Waals surface area (Å²) in [7, 11) is 1.27. The molecule has 27 heavy (non-hydrogen) atoms. The van der Waals surface area contributed by atoms with Crippen LogP contribution in [0.15, 0.2) is 42.5 Å². The lowest BCUT2D eigenvalue weighted by Crippen LogP contribution is -2.24. The first-order valence-corrected chi connectivity index (χ1v) is 8.29. The minimum atomic E-state index is -0.694. The Balaban J connectivity index is 1.82. The van der Waals surface area contributed by atoms with Gasteiger partial charge in [0.1, 0.15) is 5.75 Å². The van der Waals surface area contributed by atoms with Gasteiger partial charge in [0.15, 0.2) is 13.2 Å². The number of ether oxygens (including phenoxy) is 3. The maximum Gasteiger partial charge on any atom is 0.344 e. The monoisotopic (exact) mass is 391 g/mol. The summed E-state index contributed by atoms with van der Waals surface area (Å²) in [6, 6.07) is 11.2. The molecule has 0 heterocycles. The molecular weight excluding hydrogens is 374 g/mol. The van der Waals surface area contributed by atoms with E-state index in [9.17, 15) is 14.4 Å². The lowest BCUT2D eigenvalue weighted by atomic mass is 10.1. The van der Waals surface area contributed by atoms with E-state index in [1.165, 1.54) is 13.2 Å². The van der Waals surface area contributed by atoms with Crippen molar-refractivity contribution in [2.75, 3.05) is 25.6 Å². The normalized spacial score (nSPS) is 10.0. The second kappa shape index (κ2) is 9.59. The lowest BCUT2D eigenvalue weighted by Gasteiger charge is -2.11. The maximum absolute atomic E-state index is 12.0. The fourth-order valence-electron chi connectivity index (χ4n) is 2.05. The molecular formula is C19H18ClNO6. The quantitative estimate of drug-likeness (QED) is 0.729. The number of aryl methyl sites for hydroxylation is 1. The number of anilines is 1. The van der Waals surface area contributed by atoms with Gasteiger partial charge in [0, 0.05) is 10.7 Å². The Kier molecular flexibility index (Phi) is 7.19. The highest BCUT2D eigenvalue weighted by molar-refractivity contribution is 6.30. The van der Waals surface area contributed by atoms with E-state index in [-0.39, 0.29) is 6.61 Å². The first-order valence-electron chi connectivity index (χ1n) is 7.92. The summed E-state index contributed by atoms with van der Waals surface area (Å²) in [5.41, 5.74) is 1.47. The lowest BCUT2D eigenvalue weighted by molar-refractivity contribution is -0.149. The van der Waals surface area contributed by atoms with Gasteiger partial charge in [-0.05, 0) is 48.9 Å². The van der Waals surface area contributed by atoms with Crippen LogP contribution in [-0.4, -0.2) is 38.2 Å². The number of nitrogens with one attached hydrogen (secondary N) is 1. The molecule has 2 rings (SSSR count). The van der Waals surface area contributed by atoms with Crippen molar-refractivity contribution in [2.24, 2.45) is 0 Å². The molecule has 0 bridgehead atoms. The van der Waals surface area contributed by atoms with Gasteiger partial charge in [0.05, 0.1) is 12.7 Å². The molecule has 0 aromatic heterocycles. The van der Waals surface area contributed by atoms with Crippen LogP contribution in [0.5, 0.6) is 5.75 Å². The number of halogens is 1. The van der Waals surface area contributed by atoms with Crippen molar-refractivity contribution >= 4 is 35.1 Å². The Labute approximate surface area is 161 Å². The SMILES string of the molecule is COC(=O)c1ccc(C)c(NC(=O)COC(=O)COc2ccc(Cl)cc2)c1. The summed E-state index contributed by atoms with van der Waals surface area (Å²) in [5, 5.41) is 3.13. The van der Waals surface area contributed by atoms with E-state index in [2.05, 4.69) is 10.1 Å². The van der Waals surface area contributed by atoms with Gasteiger partial charge in [-0.15, -0.1) is 0 Å². The molecule has 1 amide bonds. The molecule has 0 saturated carbocycles. The molecule has 0 aliphatic rings. The summed E-state index contributed by atoms with van der Waals surface area (Å²) >= 11 is 5.75. The Morgan fingerprint density at radius 3 is 2.41 bits per heavy atom. The van der Waals surface area contributed by atoms with Gasteiger partial charge in [0.25, 0.3) is 5.91 Å². The smallest absolute Gasteiger partial charge is 0.344 e. The highest BCUT2D eigenvalue weighted by Crippen LogP contribution is 2.18. The molecule has 0 unspecified atom stereocenters. The molecule has 0 saturated heterocycles. The molecule has 8 heteroatoms. The van der Waals surface area contributed by atoms with Crippen LogP contribution in [0.25, 0.3) is 0 Å². The van der Waals surface area contributed by atoms with Crippen molar-refractivity contribution in [3.05, 3.63) is 58.6 Å². The summed E-state index contributed by atoms with van der Waals surface area (Å²) in [5.74, 6) is -1.30. The first kappa shape index (κ1) is 20.3. The Hall–Kier alpha value is -3.06. The second-order valence-electron chi connectivity index (χ2n) is 5.47. The predicted octanol–water partition coefficient (Wildman–Crippen LogP) is 3.00. The van der Waals surface area contributed by atoms with Crippen LogP contribution < -0.4 is 10.1 Å². The van der Waals surface area contributed by atoms with Crippen LogP contribution in [0.4, 0.5) is 5.69 Å². The number of amides is 1. The van der Waals surface area contributed by atoms with Gasteiger partial charge in [-0.3, -0.25) is 4.79 Å². The van der Waals surface area contributed by atoms with E-state index in [1.807, 2.05) is 0 Å². The fourth-order valence-corrected chi connectivity index (χ4v) is 2.17. The molecule has 0 fully saturated rings. The Morgan fingerprint density at radius 2 is 1.74 bits per heavy atom. The highest BCUT2D eigenvalue weighted by Gasteiger charge is 2.12. The van der Waals surface area contributed by atoms with Crippen molar-refractivity contribution in [1.82, 2.24) is 0 Å². The number of carbonyl (C=O) groups is 3. The fraction of sp³-hybridized carbons (Fsp3) is 0.211. The van der Waals surface area contributed by atoms with E-state index in [4.69, 9.17) is 21.1 Å². The highest BCUT2D eigenvalue weighted by atomic mass is 35.5. The Morgan fingerprint density at radius 1 is 1.04 bits per heavy atom. The summed E-state index contributed by atoms with van der Waals surface area (Å²) < 4.78 is 14.7. The number of benzene rings is 2. The third-order valence-corrected chi connectivity index (χ3v) is 3.72. The van der Waals surface area contributed by atoms with Gasteiger partial charge in [0.2, 0.25) is 0 Å². The van der Waals surface area contributed by atoms with E-state index < -0.39 is 24.5 Å². The average molecular weight is 392 g/mol. The van der Waals surface area contributed by atoms with E-state index in [0.29, 0.717) is 22.0 Å². The third-order valence-electron chi connectivity index (χ3n) is 3.47. The predicted molar refractivity (Wildman–Crippen MR) is 99.1 cm³/mol. The van der Waals surface area contributed by atoms with E-state index >= 15 is 0 Å². The van der Waals surface area contributed by atoms with Gasteiger partial charge in [-0.25, -0.2) is 9.59 Å². The number of hydrogen-bond acceptors (Lipinski definition) is 6. The molecule has 2 aromatic carbocycles. The number of rotatable bonds is 7. The van der Waals surface area contributed by atoms with Gasteiger partial charge in [-0.1, -0.05) is 17.7 Å². The molecule has 2 aromatic rings. The standard InChI is InChI=1S/C19H18ClNO6/c1-12-3-4-13(19(24)25-2)9-16(12)21-17(22)10-27-18(23)11-26-15-7-5-14(20)6-8-15/h3-9H,10-11H2,1-2H3,(H,21,22). The van der Waals surface area contributed by atoms with Crippen LogP contribution in [-0.2, 0) is 19.1 Å². The molecule has 0 spiro atoms. The Bertz CT molecular complexity index is 835. The van der Waals surface area contributed by atoms with E-state index in [1.54, 1.807) is 43.3 Å². The van der Waals surface area contributed by atoms with Gasteiger partial charge < -0.3 is 19.5 Å². The van der Waals surface area contributed by atoms with Crippen molar-refractivity contribution in [1.29, 1.82) is 0 Å². The number of hydrogen-bond donors (Lipinski definition) is 1. The van der Waals surface area contributed by atoms with Crippen LogP contribution in [0.3, 0.4) is 0 Å². The van der Waals surface area contributed by atoms with Crippen molar-refractivity contribution in [3.63, 3.8) is 0 Å². The van der Waals surface area contributed by atoms with Crippen molar-refractivity contribution in [3.8, 4) is 5.75 Å².